The number of hydrogen-bond donors (Lipinski definition) is 0. The molecular formula is C31H26BIN4O6. The standard InChI is InChI=1S/C31H26BIN4O6/c1-19-17-21(3)34-30(19)29(23-5-7-24(33)8-6-23)31-20(2)18-22(4)35(31)32(34,42-27-13-9-25(10-14-27)36(38)39)43-28-15-11-26(12-16-28)37(40)41/h5-18H,1-4H3. The van der Waals surface area contributed by atoms with Gasteiger partial charge in [-0.2, -0.15) is 0 Å². The first kappa shape index (κ1) is 28.4. The second-order valence-corrected chi connectivity index (χ2v) is 11.9. The zero-order chi connectivity index (χ0) is 30.6. The van der Waals surface area contributed by atoms with Crippen molar-refractivity contribution in [2.75, 3.05) is 0 Å². The van der Waals surface area contributed by atoms with Crippen LogP contribution < -0.4 is 9.31 Å². The number of fused-ring (bicyclic) bond motifs is 2. The quantitative estimate of drug-likeness (QED) is 0.0881. The van der Waals surface area contributed by atoms with Gasteiger partial charge in [0.2, 0.25) is 0 Å². The monoisotopic (exact) mass is 688 g/mol. The Morgan fingerprint density at radius 2 is 1.30 bits per heavy atom. The van der Waals surface area contributed by atoms with Gasteiger partial charge < -0.3 is 18.3 Å². The summed E-state index contributed by atoms with van der Waals surface area (Å²) in [6.07, 6.45) is 2.08. The fourth-order valence-corrected chi connectivity index (χ4v) is 6.47. The van der Waals surface area contributed by atoms with E-state index in [9.17, 15) is 20.2 Å². The lowest BCUT2D eigenvalue weighted by Gasteiger charge is -2.43. The van der Waals surface area contributed by atoms with Crippen LogP contribution in [-0.4, -0.2) is 31.3 Å². The molecule has 3 aromatic carbocycles. The zero-order valence-electron chi connectivity index (χ0n) is 23.8. The molecule has 2 aliphatic rings. The minimum Gasteiger partial charge on any atom is -0.601 e. The highest BCUT2D eigenvalue weighted by molar-refractivity contribution is 14.1. The van der Waals surface area contributed by atoms with Gasteiger partial charge in [-0.25, -0.2) is 0 Å². The molecule has 6 rings (SSSR count). The Kier molecular flexibility index (Phi) is 6.95. The van der Waals surface area contributed by atoms with Crippen molar-refractivity contribution in [1.82, 2.24) is 4.48 Å². The summed E-state index contributed by atoms with van der Waals surface area (Å²) in [7, 11) is 0. The third-order valence-electron chi connectivity index (χ3n) is 7.77. The minimum atomic E-state index is -2.66. The highest BCUT2D eigenvalue weighted by Gasteiger charge is 2.60. The van der Waals surface area contributed by atoms with Crippen LogP contribution in [0.25, 0.3) is 5.57 Å². The Labute approximate surface area is 261 Å². The van der Waals surface area contributed by atoms with E-state index in [2.05, 4.69) is 59.0 Å². The van der Waals surface area contributed by atoms with Gasteiger partial charge in [-0.1, -0.05) is 12.1 Å². The summed E-state index contributed by atoms with van der Waals surface area (Å²) in [5.41, 5.74) is 7.52. The maximum absolute atomic E-state index is 11.4. The number of hydrogen-bond acceptors (Lipinski definition) is 6. The summed E-state index contributed by atoms with van der Waals surface area (Å²) in [4.78, 5) is 21.8. The van der Waals surface area contributed by atoms with Gasteiger partial charge in [-0.3, -0.25) is 20.2 Å². The lowest BCUT2D eigenvalue weighted by Crippen LogP contribution is -2.67. The number of nitro benzene ring substituents is 2. The van der Waals surface area contributed by atoms with Crippen molar-refractivity contribution in [2.24, 2.45) is 0 Å². The topological polar surface area (TPSA) is 113 Å². The lowest BCUT2D eigenvalue weighted by molar-refractivity contribution is -0.385. The molecule has 0 unspecified atom stereocenters. The van der Waals surface area contributed by atoms with Crippen molar-refractivity contribution < 1.29 is 23.6 Å². The van der Waals surface area contributed by atoms with E-state index in [0.29, 0.717) is 11.5 Å². The zero-order valence-corrected chi connectivity index (χ0v) is 25.9. The second kappa shape index (κ2) is 10.5. The third-order valence-corrected chi connectivity index (χ3v) is 8.49. The predicted octanol–water partition coefficient (Wildman–Crippen LogP) is 7.17. The van der Waals surface area contributed by atoms with Crippen LogP contribution >= 0.6 is 22.6 Å². The van der Waals surface area contributed by atoms with Crippen molar-refractivity contribution in [3.63, 3.8) is 0 Å². The number of benzene rings is 3. The van der Waals surface area contributed by atoms with E-state index in [0.717, 1.165) is 48.6 Å². The Morgan fingerprint density at radius 1 is 0.791 bits per heavy atom. The molecule has 12 heteroatoms. The molecule has 0 saturated heterocycles. The van der Waals surface area contributed by atoms with E-state index < -0.39 is 16.7 Å². The van der Waals surface area contributed by atoms with Crippen LogP contribution in [0.4, 0.5) is 11.4 Å². The van der Waals surface area contributed by atoms with Gasteiger partial charge in [0.05, 0.1) is 26.9 Å². The van der Waals surface area contributed by atoms with Gasteiger partial charge in [-0.15, -0.1) is 0 Å². The number of halogens is 1. The fraction of sp³-hybridized carbons (Fsp3) is 0.129. The first-order chi connectivity index (χ1) is 20.5. The molecule has 2 aliphatic heterocycles. The first-order valence-corrected chi connectivity index (χ1v) is 14.6. The number of nitrogens with zero attached hydrogens (tertiary/aromatic N) is 4. The van der Waals surface area contributed by atoms with Crippen molar-refractivity contribution in [3.8, 4) is 11.5 Å². The van der Waals surface area contributed by atoms with Crippen LogP contribution in [0.15, 0.2) is 96.2 Å². The average molecular weight is 688 g/mol. The molecular weight excluding hydrogens is 662 g/mol. The molecule has 3 heterocycles. The summed E-state index contributed by atoms with van der Waals surface area (Å²) in [5, 5.41) is 22.8. The highest BCUT2D eigenvalue weighted by Crippen LogP contribution is 2.44. The van der Waals surface area contributed by atoms with E-state index in [4.69, 9.17) is 9.31 Å². The van der Waals surface area contributed by atoms with Crippen LogP contribution in [0, 0.1) is 37.6 Å². The summed E-state index contributed by atoms with van der Waals surface area (Å²) in [6, 6.07) is 22.2. The number of non-ortho nitro benzene ring substituents is 2. The highest BCUT2D eigenvalue weighted by atomic mass is 127. The molecule has 0 saturated carbocycles. The number of aromatic nitrogens is 1. The Hall–Kier alpha value is -4.72. The minimum absolute atomic E-state index is 0.0643. The molecule has 1 aromatic heterocycles. The number of allylic oxidation sites excluding steroid dienone is 2. The molecule has 10 nitrogen and oxygen atoms in total. The van der Waals surface area contributed by atoms with Gasteiger partial charge >= 0.3 is 6.82 Å². The molecule has 0 radical (unpaired) electrons. The van der Waals surface area contributed by atoms with Crippen LogP contribution in [-0.2, 0) is 0 Å². The van der Waals surface area contributed by atoms with Gasteiger partial charge in [0, 0.05) is 52.1 Å². The summed E-state index contributed by atoms with van der Waals surface area (Å²) in [6.45, 7) is 5.39. The summed E-state index contributed by atoms with van der Waals surface area (Å²) < 4.78 is 19.0. The molecule has 43 heavy (non-hydrogen) atoms. The molecule has 0 amide bonds. The third kappa shape index (κ3) is 4.71. The van der Waals surface area contributed by atoms with E-state index in [1.54, 1.807) is 24.3 Å². The van der Waals surface area contributed by atoms with Crippen molar-refractivity contribution in [1.29, 1.82) is 0 Å². The molecule has 0 aliphatic carbocycles. The SMILES string of the molecule is CC1=CC(C)=[N+]2C1=C(c1ccc(I)cc1)c1c(C)cc(C)n1[B-]2(Oc1ccc([N+](=O)[O-])cc1)Oc1ccc([N+](=O)[O-])cc1. The smallest absolute Gasteiger partial charge is 0.601 e. The Morgan fingerprint density at radius 3 is 1.79 bits per heavy atom. The lowest BCUT2D eigenvalue weighted by atomic mass is 9.77. The van der Waals surface area contributed by atoms with Crippen LogP contribution in [0.5, 0.6) is 11.5 Å². The molecule has 0 fully saturated rings. The van der Waals surface area contributed by atoms with E-state index in [-0.39, 0.29) is 11.4 Å². The van der Waals surface area contributed by atoms with Crippen molar-refractivity contribution >= 4 is 52.1 Å². The average Bonchev–Trinajstić information content (AvgIpc) is 3.44. The number of nitro groups is 2. The summed E-state index contributed by atoms with van der Waals surface area (Å²) >= 11 is 2.29. The van der Waals surface area contributed by atoms with Crippen molar-refractivity contribution in [2.45, 2.75) is 27.7 Å². The van der Waals surface area contributed by atoms with Crippen molar-refractivity contribution in [3.05, 3.63) is 143 Å². The molecule has 0 N–H and O–H groups in total. The van der Waals surface area contributed by atoms with Gasteiger partial charge in [0.25, 0.3) is 11.4 Å². The van der Waals surface area contributed by atoms with Crippen LogP contribution in [0.1, 0.15) is 36.4 Å². The molecule has 4 aromatic rings. The molecule has 0 atom stereocenters. The van der Waals surface area contributed by atoms with Gasteiger partial charge in [-0.05, 0) is 103 Å². The van der Waals surface area contributed by atoms with E-state index in [1.165, 1.54) is 24.3 Å². The van der Waals surface area contributed by atoms with E-state index in [1.807, 2.05) is 36.7 Å². The number of aryl methyl sites for hydroxylation is 2. The molecule has 0 spiro atoms. The fourth-order valence-electron chi connectivity index (χ4n) is 6.11. The first-order valence-electron chi connectivity index (χ1n) is 13.5. The number of rotatable bonds is 7. The van der Waals surface area contributed by atoms with Gasteiger partial charge in [0.1, 0.15) is 5.71 Å². The predicted molar refractivity (Wildman–Crippen MR) is 172 cm³/mol. The van der Waals surface area contributed by atoms with Crippen LogP contribution in [0.2, 0.25) is 0 Å². The molecule has 0 bridgehead atoms. The Balaban J connectivity index is 1.65. The second-order valence-electron chi connectivity index (χ2n) is 10.6. The Bertz CT molecular complexity index is 1850. The molecule has 216 valence electrons. The maximum atomic E-state index is 11.4. The summed E-state index contributed by atoms with van der Waals surface area (Å²) in [5.74, 6) is 0.720. The maximum Gasteiger partial charge on any atom is 0.780 e. The largest absolute Gasteiger partial charge is 0.780 e. The van der Waals surface area contributed by atoms with E-state index >= 15 is 0 Å². The van der Waals surface area contributed by atoms with Crippen LogP contribution in [0.3, 0.4) is 0 Å². The van der Waals surface area contributed by atoms with Gasteiger partial charge in [0.15, 0.2) is 5.70 Å². The normalized spacial score (nSPS) is 15.1.